The van der Waals surface area contributed by atoms with Crippen LogP contribution < -0.4 is 4.72 Å². The van der Waals surface area contributed by atoms with Crippen LogP contribution in [0, 0.1) is 6.07 Å². The fourth-order valence-electron chi connectivity index (χ4n) is 1.09. The minimum absolute atomic E-state index is 0.374. The second-order valence-electron chi connectivity index (χ2n) is 3.65. The predicted molar refractivity (Wildman–Crippen MR) is 61.0 cm³/mol. The molecule has 83 valence electrons. The Morgan fingerprint density at radius 3 is 2.47 bits per heavy atom. The maximum Gasteiger partial charge on any atom is 0.213 e. The van der Waals surface area contributed by atoms with Crippen LogP contribution in [0.1, 0.15) is 19.4 Å². The fraction of sp³-hybridized carbons (Fsp3) is 0.455. The summed E-state index contributed by atoms with van der Waals surface area (Å²) >= 11 is 0. The summed E-state index contributed by atoms with van der Waals surface area (Å²) in [6.07, 6.45) is 0.709. The van der Waals surface area contributed by atoms with E-state index in [4.69, 9.17) is 0 Å². The third kappa shape index (κ3) is 4.01. The molecular formula is C11H16NO2S. The number of hydrogen-bond acceptors (Lipinski definition) is 2. The normalized spacial score (nSPS) is 11.9. The topological polar surface area (TPSA) is 46.2 Å². The molecule has 1 N–H and O–H groups in total. The van der Waals surface area contributed by atoms with Crippen molar-refractivity contribution in [2.75, 3.05) is 6.54 Å². The molecule has 0 bridgehead atoms. The van der Waals surface area contributed by atoms with Crippen LogP contribution in [-0.2, 0) is 16.4 Å². The first-order chi connectivity index (χ1) is 7.02. The SMILES string of the molecule is CC(C)S(=O)(=O)NCCc1cc[c]cc1. The van der Waals surface area contributed by atoms with Crippen LogP contribution in [0.5, 0.6) is 0 Å². The molecule has 1 radical (unpaired) electrons. The summed E-state index contributed by atoms with van der Waals surface area (Å²) in [4.78, 5) is 0. The molecule has 0 spiro atoms. The Morgan fingerprint density at radius 2 is 1.93 bits per heavy atom. The average Bonchev–Trinajstić information content (AvgIpc) is 2.19. The van der Waals surface area contributed by atoms with Gasteiger partial charge in [-0.3, -0.25) is 0 Å². The molecule has 1 aromatic rings. The van der Waals surface area contributed by atoms with E-state index in [-0.39, 0.29) is 5.25 Å². The highest BCUT2D eigenvalue weighted by Crippen LogP contribution is 2.00. The van der Waals surface area contributed by atoms with Crippen LogP contribution in [0.15, 0.2) is 24.3 Å². The zero-order chi connectivity index (χ0) is 11.3. The van der Waals surface area contributed by atoms with Gasteiger partial charge in [-0.2, -0.15) is 0 Å². The Morgan fingerprint density at radius 1 is 1.33 bits per heavy atom. The van der Waals surface area contributed by atoms with Crippen LogP contribution >= 0.6 is 0 Å². The summed E-state index contributed by atoms with van der Waals surface area (Å²) in [5.41, 5.74) is 1.11. The lowest BCUT2D eigenvalue weighted by molar-refractivity contribution is 0.572. The van der Waals surface area contributed by atoms with Crippen LogP contribution in [0.4, 0.5) is 0 Å². The molecule has 0 amide bonds. The van der Waals surface area contributed by atoms with Crippen molar-refractivity contribution in [2.24, 2.45) is 0 Å². The van der Waals surface area contributed by atoms with E-state index >= 15 is 0 Å². The zero-order valence-corrected chi connectivity index (χ0v) is 9.84. The number of nitrogens with one attached hydrogen (secondary N) is 1. The standard InChI is InChI=1S/C11H16NO2S/c1-10(2)15(13,14)12-9-8-11-6-4-3-5-7-11/h4-7,10,12H,8-9H2,1-2H3. The van der Waals surface area contributed by atoms with Crippen molar-refractivity contribution in [3.05, 3.63) is 35.9 Å². The van der Waals surface area contributed by atoms with Crippen molar-refractivity contribution in [2.45, 2.75) is 25.5 Å². The van der Waals surface area contributed by atoms with Gasteiger partial charge in [-0.05, 0) is 31.9 Å². The summed E-state index contributed by atoms with van der Waals surface area (Å²) in [6.45, 7) is 3.78. The van der Waals surface area contributed by atoms with Crippen molar-refractivity contribution in [1.29, 1.82) is 0 Å². The highest BCUT2D eigenvalue weighted by Gasteiger charge is 2.13. The largest absolute Gasteiger partial charge is 0.215 e. The van der Waals surface area contributed by atoms with Gasteiger partial charge in [0.15, 0.2) is 0 Å². The highest BCUT2D eigenvalue weighted by atomic mass is 32.2. The van der Waals surface area contributed by atoms with Crippen molar-refractivity contribution >= 4 is 10.0 Å². The Balaban J connectivity index is 2.41. The van der Waals surface area contributed by atoms with Crippen molar-refractivity contribution in [3.8, 4) is 0 Å². The molecule has 0 saturated carbocycles. The maximum atomic E-state index is 11.4. The molecule has 4 heteroatoms. The van der Waals surface area contributed by atoms with E-state index in [1.807, 2.05) is 24.3 Å². The monoisotopic (exact) mass is 226 g/mol. The van der Waals surface area contributed by atoms with Gasteiger partial charge in [0, 0.05) is 6.54 Å². The Hall–Kier alpha value is -0.870. The number of rotatable bonds is 5. The Labute approximate surface area is 91.6 Å². The molecule has 0 fully saturated rings. The summed E-state index contributed by atoms with van der Waals surface area (Å²) in [7, 11) is -3.13. The quantitative estimate of drug-likeness (QED) is 0.824. The van der Waals surface area contributed by atoms with E-state index in [9.17, 15) is 8.42 Å². The lowest BCUT2D eigenvalue weighted by Gasteiger charge is -2.09. The minimum Gasteiger partial charge on any atom is -0.215 e. The van der Waals surface area contributed by atoms with Gasteiger partial charge in [0.1, 0.15) is 0 Å². The lowest BCUT2D eigenvalue weighted by Crippen LogP contribution is -2.32. The molecule has 0 aliphatic carbocycles. The first kappa shape index (κ1) is 12.2. The fourth-order valence-corrected chi connectivity index (χ4v) is 1.81. The lowest BCUT2D eigenvalue weighted by atomic mass is 10.2. The highest BCUT2D eigenvalue weighted by molar-refractivity contribution is 7.90. The summed E-state index contributed by atoms with van der Waals surface area (Å²) in [5, 5.41) is -0.374. The van der Waals surface area contributed by atoms with Gasteiger partial charge in [-0.15, -0.1) is 0 Å². The molecular weight excluding hydrogens is 210 g/mol. The van der Waals surface area contributed by atoms with Gasteiger partial charge in [-0.25, -0.2) is 13.1 Å². The van der Waals surface area contributed by atoms with Crippen molar-refractivity contribution in [1.82, 2.24) is 4.72 Å². The van der Waals surface area contributed by atoms with Gasteiger partial charge in [-0.1, -0.05) is 24.3 Å². The van der Waals surface area contributed by atoms with Gasteiger partial charge in [0.25, 0.3) is 0 Å². The molecule has 3 nitrogen and oxygen atoms in total. The number of hydrogen-bond donors (Lipinski definition) is 1. The van der Waals surface area contributed by atoms with E-state index in [1.54, 1.807) is 13.8 Å². The molecule has 0 heterocycles. The Bertz CT molecular complexity index is 384. The minimum atomic E-state index is -3.13. The number of sulfonamides is 1. The molecule has 0 aromatic heterocycles. The Kier molecular flexibility index (Phi) is 4.29. The van der Waals surface area contributed by atoms with Crippen molar-refractivity contribution < 1.29 is 8.42 Å². The third-order valence-electron chi connectivity index (χ3n) is 2.12. The second kappa shape index (κ2) is 5.28. The molecule has 0 aliphatic rings. The van der Waals surface area contributed by atoms with Gasteiger partial charge < -0.3 is 0 Å². The van der Waals surface area contributed by atoms with Crippen molar-refractivity contribution in [3.63, 3.8) is 0 Å². The van der Waals surface area contributed by atoms with E-state index in [0.29, 0.717) is 13.0 Å². The molecule has 0 unspecified atom stereocenters. The average molecular weight is 226 g/mol. The molecule has 1 rings (SSSR count). The summed E-state index contributed by atoms with van der Waals surface area (Å²) in [6, 6.07) is 10.4. The van der Waals surface area contributed by atoms with Gasteiger partial charge >= 0.3 is 0 Å². The van der Waals surface area contributed by atoms with Gasteiger partial charge in [0.2, 0.25) is 10.0 Å². The van der Waals surface area contributed by atoms with E-state index in [0.717, 1.165) is 5.56 Å². The van der Waals surface area contributed by atoms with Crippen LogP contribution in [0.2, 0.25) is 0 Å². The van der Waals surface area contributed by atoms with Crippen LogP contribution in [0.25, 0.3) is 0 Å². The van der Waals surface area contributed by atoms with Crippen LogP contribution in [0.3, 0.4) is 0 Å². The molecule has 0 atom stereocenters. The first-order valence-electron chi connectivity index (χ1n) is 4.96. The molecule has 0 aliphatic heterocycles. The van der Waals surface area contributed by atoms with E-state index in [1.165, 1.54) is 0 Å². The molecule has 15 heavy (non-hydrogen) atoms. The third-order valence-corrected chi connectivity index (χ3v) is 3.97. The van der Waals surface area contributed by atoms with E-state index in [2.05, 4.69) is 10.8 Å². The zero-order valence-electron chi connectivity index (χ0n) is 9.03. The number of benzene rings is 1. The summed E-state index contributed by atoms with van der Waals surface area (Å²) < 4.78 is 25.4. The smallest absolute Gasteiger partial charge is 0.213 e. The summed E-state index contributed by atoms with van der Waals surface area (Å²) in [5.74, 6) is 0. The predicted octanol–water partition coefficient (Wildman–Crippen LogP) is 1.36. The van der Waals surface area contributed by atoms with Crippen LogP contribution in [-0.4, -0.2) is 20.2 Å². The molecule has 1 aromatic carbocycles. The second-order valence-corrected chi connectivity index (χ2v) is 5.97. The molecule has 0 saturated heterocycles. The van der Waals surface area contributed by atoms with Gasteiger partial charge in [0.05, 0.1) is 5.25 Å². The van der Waals surface area contributed by atoms with E-state index < -0.39 is 10.0 Å². The first-order valence-corrected chi connectivity index (χ1v) is 6.50. The maximum absolute atomic E-state index is 11.4.